The van der Waals surface area contributed by atoms with Gasteiger partial charge < -0.3 is 5.73 Å². The minimum atomic E-state index is 0.695. The van der Waals surface area contributed by atoms with Crippen molar-refractivity contribution in [2.24, 2.45) is 5.92 Å². The molecule has 0 fully saturated rings. The number of anilines is 1. The minimum absolute atomic E-state index is 0.695. The lowest BCUT2D eigenvalue weighted by Crippen LogP contribution is -1.92. The van der Waals surface area contributed by atoms with E-state index in [-0.39, 0.29) is 0 Å². The highest BCUT2D eigenvalue weighted by Crippen LogP contribution is 2.31. The fourth-order valence-electron chi connectivity index (χ4n) is 1.01. The van der Waals surface area contributed by atoms with Crippen molar-refractivity contribution in [3.05, 3.63) is 15.4 Å². The van der Waals surface area contributed by atoms with Gasteiger partial charge in [0, 0.05) is 0 Å². The molecule has 0 atom stereocenters. The Morgan fingerprint density at radius 1 is 1.64 bits per heavy atom. The maximum atomic E-state index is 5.64. The van der Waals surface area contributed by atoms with Gasteiger partial charge >= 0.3 is 0 Å². The van der Waals surface area contributed by atoms with Crippen molar-refractivity contribution in [3.8, 4) is 0 Å². The van der Waals surface area contributed by atoms with Crippen LogP contribution in [-0.4, -0.2) is 0 Å². The Labute approximate surface area is 79.7 Å². The molecule has 0 aromatic carbocycles. The van der Waals surface area contributed by atoms with Gasteiger partial charge in [0.25, 0.3) is 0 Å². The fraction of sp³-hybridized carbons (Fsp3) is 0.500. The Kier molecular flexibility index (Phi) is 2.96. The van der Waals surface area contributed by atoms with E-state index in [1.165, 1.54) is 9.35 Å². The first kappa shape index (κ1) is 9.07. The van der Waals surface area contributed by atoms with Gasteiger partial charge in [-0.25, -0.2) is 0 Å². The zero-order valence-electron chi connectivity index (χ0n) is 6.73. The van der Waals surface area contributed by atoms with Gasteiger partial charge in [-0.2, -0.15) is 0 Å². The Balaban J connectivity index is 2.77. The van der Waals surface area contributed by atoms with Crippen molar-refractivity contribution in [3.63, 3.8) is 0 Å². The lowest BCUT2D eigenvalue weighted by Gasteiger charge is -2.01. The van der Waals surface area contributed by atoms with Crippen molar-refractivity contribution in [1.82, 2.24) is 0 Å². The number of hydrogen-bond acceptors (Lipinski definition) is 2. The molecule has 0 amide bonds. The van der Waals surface area contributed by atoms with Gasteiger partial charge in [0.15, 0.2) is 0 Å². The van der Waals surface area contributed by atoms with Crippen molar-refractivity contribution in [2.75, 3.05) is 5.73 Å². The normalized spacial score (nSPS) is 10.9. The smallest absolute Gasteiger partial charge is 0.0871 e. The first-order valence-electron chi connectivity index (χ1n) is 3.63. The maximum Gasteiger partial charge on any atom is 0.0871 e. The zero-order chi connectivity index (χ0) is 8.43. The molecule has 0 aliphatic heterocycles. The quantitative estimate of drug-likeness (QED) is 0.834. The molecule has 0 aliphatic rings. The molecule has 2 N–H and O–H groups in total. The highest BCUT2D eigenvalue weighted by atomic mass is 79.9. The molecule has 0 bridgehead atoms. The summed E-state index contributed by atoms with van der Waals surface area (Å²) in [6.45, 7) is 4.42. The summed E-state index contributed by atoms with van der Waals surface area (Å²) in [7, 11) is 0. The van der Waals surface area contributed by atoms with Crippen molar-refractivity contribution >= 4 is 32.3 Å². The van der Waals surface area contributed by atoms with Crippen LogP contribution in [0.5, 0.6) is 0 Å². The summed E-state index contributed by atoms with van der Waals surface area (Å²) in [5, 5.41) is 0.896. The Bertz CT molecular complexity index is 242. The lowest BCUT2D eigenvalue weighted by molar-refractivity contribution is 0.647. The second kappa shape index (κ2) is 3.59. The fourth-order valence-corrected chi connectivity index (χ4v) is 2.52. The molecule has 0 unspecified atom stereocenters. The number of halogens is 1. The summed E-state index contributed by atoms with van der Waals surface area (Å²) in [4.78, 5) is 0. The van der Waals surface area contributed by atoms with E-state index in [4.69, 9.17) is 5.73 Å². The average molecular weight is 234 g/mol. The molecule has 1 aromatic heterocycles. The van der Waals surface area contributed by atoms with E-state index >= 15 is 0 Å². The largest absolute Gasteiger partial charge is 0.391 e. The number of nitrogens with two attached hydrogens (primary N) is 1. The molecular formula is C8H12BrNS. The number of rotatable bonds is 2. The van der Waals surface area contributed by atoms with Gasteiger partial charge in [0.2, 0.25) is 0 Å². The molecule has 62 valence electrons. The number of thiophene rings is 1. The summed E-state index contributed by atoms with van der Waals surface area (Å²) in [6, 6.07) is 2.05. The van der Waals surface area contributed by atoms with Gasteiger partial charge in [-0.1, -0.05) is 13.8 Å². The second-order valence-electron chi connectivity index (χ2n) is 3.05. The van der Waals surface area contributed by atoms with Gasteiger partial charge in [0.1, 0.15) is 0 Å². The summed E-state index contributed by atoms with van der Waals surface area (Å²) in [5.74, 6) is 0.695. The summed E-state index contributed by atoms with van der Waals surface area (Å²) < 4.78 is 1.18. The Hall–Kier alpha value is -0.0200. The monoisotopic (exact) mass is 233 g/mol. The van der Waals surface area contributed by atoms with Crippen molar-refractivity contribution in [2.45, 2.75) is 20.3 Å². The topological polar surface area (TPSA) is 26.0 Å². The standard InChI is InChI=1S/C8H12BrNS/c1-5(2)3-6-4-7(10)11-8(6)9/h4-5H,3,10H2,1-2H3. The Morgan fingerprint density at radius 3 is 2.64 bits per heavy atom. The third-order valence-electron chi connectivity index (χ3n) is 1.40. The van der Waals surface area contributed by atoms with E-state index in [0.717, 1.165) is 11.4 Å². The lowest BCUT2D eigenvalue weighted by atomic mass is 10.1. The van der Waals surface area contributed by atoms with Gasteiger partial charge in [-0.05, 0) is 39.9 Å². The third kappa shape index (κ3) is 2.49. The van der Waals surface area contributed by atoms with E-state index in [2.05, 4.69) is 35.8 Å². The molecule has 3 heteroatoms. The zero-order valence-corrected chi connectivity index (χ0v) is 9.13. The van der Waals surface area contributed by atoms with Crippen LogP contribution in [0, 0.1) is 5.92 Å². The minimum Gasteiger partial charge on any atom is -0.391 e. The molecular weight excluding hydrogens is 222 g/mol. The molecule has 0 saturated carbocycles. The highest BCUT2D eigenvalue weighted by Gasteiger charge is 2.05. The third-order valence-corrected chi connectivity index (χ3v) is 3.19. The van der Waals surface area contributed by atoms with Gasteiger partial charge in [-0.15, -0.1) is 11.3 Å². The molecule has 11 heavy (non-hydrogen) atoms. The van der Waals surface area contributed by atoms with E-state index in [1.807, 2.05) is 0 Å². The molecule has 0 radical (unpaired) electrons. The number of hydrogen-bond donors (Lipinski definition) is 1. The van der Waals surface area contributed by atoms with Crippen LogP contribution in [0.4, 0.5) is 5.00 Å². The predicted molar refractivity (Wildman–Crippen MR) is 55.0 cm³/mol. The van der Waals surface area contributed by atoms with Crippen LogP contribution in [0.1, 0.15) is 19.4 Å². The molecule has 0 saturated heterocycles. The van der Waals surface area contributed by atoms with Gasteiger partial charge in [-0.3, -0.25) is 0 Å². The van der Waals surface area contributed by atoms with E-state index in [0.29, 0.717) is 5.92 Å². The van der Waals surface area contributed by atoms with E-state index in [9.17, 15) is 0 Å². The van der Waals surface area contributed by atoms with Gasteiger partial charge in [0.05, 0.1) is 8.79 Å². The second-order valence-corrected chi connectivity index (χ2v) is 5.45. The maximum absolute atomic E-state index is 5.64. The van der Waals surface area contributed by atoms with Crippen molar-refractivity contribution in [1.29, 1.82) is 0 Å². The first-order valence-corrected chi connectivity index (χ1v) is 5.24. The number of nitrogen functional groups attached to an aromatic ring is 1. The molecule has 0 spiro atoms. The molecule has 1 aromatic rings. The van der Waals surface area contributed by atoms with E-state index < -0.39 is 0 Å². The Morgan fingerprint density at radius 2 is 2.27 bits per heavy atom. The van der Waals surface area contributed by atoms with Crippen LogP contribution in [-0.2, 0) is 6.42 Å². The van der Waals surface area contributed by atoms with Crippen LogP contribution in [0.2, 0.25) is 0 Å². The van der Waals surface area contributed by atoms with Crippen LogP contribution in [0.25, 0.3) is 0 Å². The molecule has 1 heterocycles. The molecule has 1 nitrogen and oxygen atoms in total. The molecule has 1 rings (SSSR count). The summed E-state index contributed by atoms with van der Waals surface area (Å²) in [5.41, 5.74) is 6.98. The van der Waals surface area contributed by atoms with Crippen LogP contribution >= 0.6 is 27.3 Å². The average Bonchev–Trinajstić information content (AvgIpc) is 2.09. The van der Waals surface area contributed by atoms with Crippen LogP contribution in [0.15, 0.2) is 9.85 Å². The van der Waals surface area contributed by atoms with Crippen LogP contribution < -0.4 is 5.73 Å². The SMILES string of the molecule is CC(C)Cc1cc(N)sc1Br. The summed E-state index contributed by atoms with van der Waals surface area (Å²) >= 11 is 5.09. The van der Waals surface area contributed by atoms with Crippen molar-refractivity contribution < 1.29 is 0 Å². The first-order chi connectivity index (χ1) is 5.09. The van der Waals surface area contributed by atoms with Crippen LogP contribution in [0.3, 0.4) is 0 Å². The predicted octanol–water partition coefficient (Wildman–Crippen LogP) is 3.29. The molecule has 0 aliphatic carbocycles. The summed E-state index contributed by atoms with van der Waals surface area (Å²) in [6.07, 6.45) is 1.11. The highest BCUT2D eigenvalue weighted by molar-refractivity contribution is 9.11. The van der Waals surface area contributed by atoms with E-state index in [1.54, 1.807) is 11.3 Å².